The van der Waals surface area contributed by atoms with Gasteiger partial charge in [0.05, 0.1) is 7.11 Å². The number of benzene rings is 4. The number of hydrogen-bond acceptors (Lipinski definition) is 6. The van der Waals surface area contributed by atoms with Crippen molar-refractivity contribution in [2.75, 3.05) is 26.7 Å². The van der Waals surface area contributed by atoms with E-state index >= 15 is 0 Å². The van der Waals surface area contributed by atoms with Crippen LogP contribution in [-0.2, 0) is 14.5 Å². The minimum atomic E-state index is -4.17. The Kier molecular flexibility index (Phi) is 8.49. The fourth-order valence-corrected chi connectivity index (χ4v) is 5.98. The Morgan fingerprint density at radius 3 is 2.27 bits per heavy atom. The van der Waals surface area contributed by atoms with Gasteiger partial charge in [-0.25, -0.2) is 4.72 Å². The van der Waals surface area contributed by atoms with Crippen LogP contribution >= 0.6 is 0 Å². The lowest BCUT2D eigenvalue weighted by Gasteiger charge is -2.23. The molecule has 8 nitrogen and oxygen atoms in total. The second-order valence-corrected chi connectivity index (χ2v) is 11.8. The van der Waals surface area contributed by atoms with Gasteiger partial charge in [0.1, 0.15) is 0 Å². The van der Waals surface area contributed by atoms with E-state index in [0.717, 1.165) is 13.7 Å². The number of hydrogen-bond donors (Lipinski definition) is 2. The maximum absolute atomic E-state index is 13.5. The van der Waals surface area contributed by atoms with Crippen molar-refractivity contribution in [3.63, 3.8) is 0 Å². The van der Waals surface area contributed by atoms with Crippen molar-refractivity contribution in [3.8, 4) is 0 Å². The molecule has 3 atom stereocenters. The summed E-state index contributed by atoms with van der Waals surface area (Å²) in [7, 11) is -3.20. The first-order chi connectivity index (χ1) is 19.8. The molecular weight excluding hydrogens is 538 g/mol. The molecule has 4 aromatic carbocycles. The zero-order valence-corrected chi connectivity index (χ0v) is 23.8. The van der Waals surface area contributed by atoms with Gasteiger partial charge in [0.2, 0.25) is 0 Å². The van der Waals surface area contributed by atoms with Crippen molar-refractivity contribution >= 4 is 32.9 Å². The summed E-state index contributed by atoms with van der Waals surface area (Å²) >= 11 is 0. The highest BCUT2D eigenvalue weighted by molar-refractivity contribution is 7.85. The molecule has 0 bridgehead atoms. The van der Waals surface area contributed by atoms with Crippen LogP contribution in [0.5, 0.6) is 0 Å². The van der Waals surface area contributed by atoms with E-state index < -0.39 is 16.2 Å². The first-order valence-electron chi connectivity index (χ1n) is 13.5. The van der Waals surface area contributed by atoms with Crippen molar-refractivity contribution in [2.24, 2.45) is 5.92 Å². The van der Waals surface area contributed by atoms with Gasteiger partial charge in [-0.3, -0.25) is 13.8 Å². The lowest BCUT2D eigenvalue weighted by molar-refractivity contribution is 0.0785. The van der Waals surface area contributed by atoms with Crippen LogP contribution in [0, 0.1) is 5.92 Å². The molecule has 0 spiro atoms. The Balaban J connectivity index is 1.30. The number of nitrogens with zero attached hydrogens (tertiary/aromatic N) is 1. The maximum Gasteiger partial charge on any atom is 0.362 e. The Bertz CT molecular complexity index is 1640. The molecule has 1 fully saturated rings. The molecule has 1 heterocycles. The van der Waals surface area contributed by atoms with Gasteiger partial charge >= 0.3 is 10.3 Å². The zero-order valence-electron chi connectivity index (χ0n) is 23.0. The van der Waals surface area contributed by atoms with E-state index in [-0.39, 0.29) is 29.3 Å². The summed E-state index contributed by atoms with van der Waals surface area (Å²) in [5.41, 5.74) is 2.97. The van der Waals surface area contributed by atoms with Crippen LogP contribution in [0.4, 0.5) is 0 Å². The number of rotatable bonds is 9. The third kappa shape index (κ3) is 6.48. The molecule has 2 amide bonds. The van der Waals surface area contributed by atoms with Crippen LogP contribution in [0.15, 0.2) is 97.1 Å². The Labute approximate surface area is 240 Å². The third-order valence-electron chi connectivity index (χ3n) is 7.76. The Hall–Kier alpha value is -4.05. The maximum atomic E-state index is 13.5. The van der Waals surface area contributed by atoms with Crippen molar-refractivity contribution < 1.29 is 22.2 Å². The van der Waals surface area contributed by atoms with Gasteiger partial charge in [-0.05, 0) is 59.0 Å². The summed E-state index contributed by atoms with van der Waals surface area (Å²) in [6.07, 6.45) is 0. The normalized spacial score (nSPS) is 17.9. The van der Waals surface area contributed by atoms with E-state index in [2.05, 4.69) is 65.0 Å². The Morgan fingerprint density at radius 2 is 1.54 bits per heavy atom. The highest BCUT2D eigenvalue weighted by atomic mass is 32.2. The second-order valence-electron chi connectivity index (χ2n) is 10.3. The van der Waals surface area contributed by atoms with Crippen LogP contribution in [0.2, 0.25) is 0 Å². The van der Waals surface area contributed by atoms with E-state index in [1.807, 2.05) is 33.9 Å². The first-order valence-corrected chi connectivity index (χ1v) is 14.9. The predicted octanol–water partition coefficient (Wildman–Crippen LogP) is 4.67. The van der Waals surface area contributed by atoms with E-state index in [4.69, 9.17) is 0 Å². The van der Waals surface area contributed by atoms with Gasteiger partial charge in [-0.2, -0.15) is 8.42 Å². The molecule has 1 aliphatic heterocycles. The van der Waals surface area contributed by atoms with Gasteiger partial charge in [-0.15, -0.1) is 0 Å². The van der Waals surface area contributed by atoms with Crippen LogP contribution < -0.4 is 10.0 Å². The molecule has 0 aromatic heterocycles. The van der Waals surface area contributed by atoms with Gasteiger partial charge in [0.15, 0.2) is 0 Å². The van der Waals surface area contributed by atoms with Gasteiger partial charge in [-0.1, -0.05) is 72.8 Å². The van der Waals surface area contributed by atoms with E-state index in [0.29, 0.717) is 18.7 Å². The van der Waals surface area contributed by atoms with Crippen molar-refractivity contribution in [3.05, 3.63) is 119 Å². The average molecular weight is 572 g/mol. The fraction of sp³-hybridized carbons (Fsp3) is 0.250. The lowest BCUT2D eigenvalue weighted by atomic mass is 9.88. The molecule has 4 aromatic rings. The van der Waals surface area contributed by atoms with Crippen molar-refractivity contribution in [1.82, 2.24) is 14.9 Å². The molecule has 9 heteroatoms. The molecule has 0 unspecified atom stereocenters. The summed E-state index contributed by atoms with van der Waals surface area (Å²) in [6, 6.07) is 31.1. The number of carbonyl (C=O) groups is 2. The summed E-state index contributed by atoms with van der Waals surface area (Å²) in [4.78, 5) is 27.6. The zero-order chi connectivity index (χ0) is 29.0. The highest BCUT2D eigenvalue weighted by Gasteiger charge is 2.36. The summed E-state index contributed by atoms with van der Waals surface area (Å²) in [5, 5.41) is 6.18. The summed E-state index contributed by atoms with van der Waals surface area (Å²) in [6.45, 7) is 4.07. The Morgan fingerprint density at radius 1 is 0.878 bits per heavy atom. The molecule has 0 aliphatic carbocycles. The minimum absolute atomic E-state index is 0.107. The molecule has 2 N–H and O–H groups in total. The van der Waals surface area contributed by atoms with Gasteiger partial charge < -0.3 is 10.2 Å². The smallest absolute Gasteiger partial charge is 0.338 e. The van der Waals surface area contributed by atoms with Crippen LogP contribution in [-0.4, -0.2) is 51.9 Å². The largest absolute Gasteiger partial charge is 0.362 e. The lowest BCUT2D eigenvalue weighted by Crippen LogP contribution is -2.32. The number of amides is 2. The second kappa shape index (κ2) is 12.2. The highest BCUT2D eigenvalue weighted by Crippen LogP contribution is 2.34. The van der Waals surface area contributed by atoms with Gasteiger partial charge in [0.25, 0.3) is 11.8 Å². The van der Waals surface area contributed by atoms with E-state index in [1.165, 1.54) is 34.0 Å². The molecule has 5 rings (SSSR count). The monoisotopic (exact) mass is 571 g/mol. The van der Waals surface area contributed by atoms with Crippen LogP contribution in [0.1, 0.15) is 50.7 Å². The van der Waals surface area contributed by atoms with E-state index in [9.17, 15) is 18.0 Å². The van der Waals surface area contributed by atoms with Crippen LogP contribution in [0.3, 0.4) is 0 Å². The number of likely N-dealkylation sites (tertiary alicyclic amines) is 1. The molecule has 1 saturated heterocycles. The number of carbonyl (C=O) groups excluding carboxylic acids is 2. The van der Waals surface area contributed by atoms with Crippen molar-refractivity contribution in [1.29, 1.82) is 0 Å². The minimum Gasteiger partial charge on any atom is -0.338 e. The average Bonchev–Trinajstić information content (AvgIpc) is 3.44. The first kappa shape index (κ1) is 28.5. The van der Waals surface area contributed by atoms with Gasteiger partial charge in [0, 0.05) is 42.7 Å². The molecule has 0 radical (unpaired) electrons. The number of fused-ring (bicyclic) bond motifs is 1. The van der Waals surface area contributed by atoms with E-state index in [1.54, 1.807) is 12.1 Å². The third-order valence-corrected chi connectivity index (χ3v) is 8.64. The summed E-state index contributed by atoms with van der Waals surface area (Å²) in [5.74, 6) is -0.602. The number of nitrogens with one attached hydrogen (secondary N) is 2. The topological polar surface area (TPSA) is 105 Å². The molecule has 212 valence electrons. The molecule has 0 saturated carbocycles. The SMILES string of the molecule is COS(=O)(=O)NC(=O)c1ccc(C(=O)N2C[C@@H](CN[C@H](C)c3cccc4ccccc34)[C@@H](c3ccccc3)C2)cc1. The van der Waals surface area contributed by atoms with Crippen LogP contribution in [0.25, 0.3) is 10.8 Å². The van der Waals surface area contributed by atoms with Crippen molar-refractivity contribution in [2.45, 2.75) is 18.9 Å². The summed E-state index contributed by atoms with van der Waals surface area (Å²) < 4.78 is 29.1. The standard InChI is InChI=1S/C32H33N3O5S/c1-22(28-14-8-12-23-11-6-7-13-29(23)28)33-19-27-20-35(21-30(27)24-9-4-3-5-10-24)32(37)26-17-15-25(16-18-26)31(36)34-41(38,39)40-2/h3-18,22,27,30,33H,19-21H2,1-2H3,(H,34,36)/t22-,27-,30-/m1/s1. The quantitative estimate of drug-likeness (QED) is 0.303. The molecule has 1 aliphatic rings. The fourth-order valence-electron chi connectivity index (χ4n) is 5.55. The predicted molar refractivity (Wildman–Crippen MR) is 159 cm³/mol. The molecular formula is C32H33N3O5S. The molecule has 41 heavy (non-hydrogen) atoms.